The smallest absolute Gasteiger partial charge is 0.264 e. The van der Waals surface area contributed by atoms with Crippen molar-refractivity contribution in [3.05, 3.63) is 59.2 Å². The highest BCUT2D eigenvalue weighted by Crippen LogP contribution is 2.30. The number of nitrogens with zero attached hydrogens (tertiary/aromatic N) is 1. The molecule has 7 heteroatoms. The number of amides is 2. The van der Waals surface area contributed by atoms with Crippen LogP contribution >= 0.6 is 0 Å². The minimum atomic E-state index is -0.690. The van der Waals surface area contributed by atoms with Crippen molar-refractivity contribution in [1.82, 2.24) is 4.90 Å². The molecule has 0 bridgehead atoms. The molecule has 0 unspecified atom stereocenters. The lowest BCUT2D eigenvalue weighted by Crippen LogP contribution is -2.38. The predicted octanol–water partition coefficient (Wildman–Crippen LogP) is 4.26. The molecule has 3 rings (SSSR count). The van der Waals surface area contributed by atoms with Gasteiger partial charge in [0.15, 0.2) is 6.10 Å². The lowest BCUT2D eigenvalue weighted by atomic mass is 10.1. The van der Waals surface area contributed by atoms with Crippen LogP contribution in [0.4, 0.5) is 14.5 Å². The number of anilines is 1. The zero-order valence-electron chi connectivity index (χ0n) is 16.7. The first kappa shape index (κ1) is 20.8. The summed E-state index contributed by atoms with van der Waals surface area (Å²) in [6.07, 6.45) is -0.233. The van der Waals surface area contributed by atoms with E-state index in [1.807, 2.05) is 6.92 Å². The van der Waals surface area contributed by atoms with Crippen molar-refractivity contribution in [3.8, 4) is 5.75 Å². The van der Waals surface area contributed by atoms with E-state index < -0.39 is 17.7 Å². The largest absolute Gasteiger partial charge is 0.480 e. The molecule has 0 aliphatic carbocycles. The molecule has 2 aromatic rings. The van der Waals surface area contributed by atoms with Gasteiger partial charge in [-0.1, -0.05) is 20.8 Å². The zero-order chi connectivity index (χ0) is 21.1. The van der Waals surface area contributed by atoms with Crippen LogP contribution in [0.2, 0.25) is 0 Å². The number of benzene rings is 2. The lowest BCUT2D eigenvalue weighted by Gasteiger charge is -2.23. The van der Waals surface area contributed by atoms with Crippen LogP contribution in [0.15, 0.2) is 36.4 Å². The van der Waals surface area contributed by atoms with Crippen molar-refractivity contribution in [2.45, 2.75) is 46.4 Å². The summed E-state index contributed by atoms with van der Waals surface area (Å²) in [5.41, 5.74) is 1.68. The molecule has 1 N–H and O–H groups in total. The number of fused-ring (bicyclic) bond motifs is 1. The molecule has 0 radical (unpaired) electrons. The Morgan fingerprint density at radius 3 is 2.52 bits per heavy atom. The lowest BCUT2D eigenvalue weighted by molar-refractivity contribution is -0.139. The summed E-state index contributed by atoms with van der Waals surface area (Å²) in [4.78, 5) is 26.4. The Bertz CT molecular complexity index is 910. The molecule has 1 heterocycles. The summed E-state index contributed by atoms with van der Waals surface area (Å²) in [6, 6.07) is 8.44. The van der Waals surface area contributed by atoms with Crippen LogP contribution in [-0.2, 0) is 22.7 Å². The standard InChI is InChI=1S/C22H24F2N2O3/c1-4-19-22(28)26(11-14-7-16(23)10-17(24)8-14)12-15-9-18(5-6-20(15)29-19)25-21(27)13(2)3/h5-10,13,19H,4,11-12H2,1-3H3,(H,25,27)/t19-/m1/s1. The Morgan fingerprint density at radius 1 is 1.21 bits per heavy atom. The summed E-state index contributed by atoms with van der Waals surface area (Å²) in [7, 11) is 0. The molecular weight excluding hydrogens is 378 g/mol. The maximum absolute atomic E-state index is 13.6. The highest BCUT2D eigenvalue weighted by molar-refractivity contribution is 5.92. The van der Waals surface area contributed by atoms with Crippen molar-refractivity contribution < 1.29 is 23.1 Å². The van der Waals surface area contributed by atoms with E-state index in [2.05, 4.69) is 5.32 Å². The first-order chi connectivity index (χ1) is 13.8. The van der Waals surface area contributed by atoms with E-state index >= 15 is 0 Å². The topological polar surface area (TPSA) is 58.6 Å². The second-order valence-electron chi connectivity index (χ2n) is 7.45. The third-order valence-electron chi connectivity index (χ3n) is 4.74. The minimum Gasteiger partial charge on any atom is -0.480 e. The van der Waals surface area contributed by atoms with E-state index in [9.17, 15) is 18.4 Å². The van der Waals surface area contributed by atoms with Gasteiger partial charge in [-0.2, -0.15) is 0 Å². The van der Waals surface area contributed by atoms with Gasteiger partial charge < -0.3 is 15.0 Å². The summed E-state index contributed by atoms with van der Waals surface area (Å²) in [6.45, 7) is 5.69. The molecular formula is C22H24F2N2O3. The number of hydrogen-bond acceptors (Lipinski definition) is 3. The molecule has 1 atom stereocenters. The molecule has 1 aliphatic heterocycles. The van der Waals surface area contributed by atoms with Gasteiger partial charge in [-0.05, 0) is 42.3 Å². The van der Waals surface area contributed by atoms with Gasteiger partial charge in [0.1, 0.15) is 17.4 Å². The van der Waals surface area contributed by atoms with Crippen LogP contribution in [0.3, 0.4) is 0 Å². The van der Waals surface area contributed by atoms with Crippen molar-refractivity contribution in [2.24, 2.45) is 5.92 Å². The van der Waals surface area contributed by atoms with Crippen molar-refractivity contribution in [2.75, 3.05) is 5.32 Å². The van der Waals surface area contributed by atoms with Gasteiger partial charge in [0.2, 0.25) is 5.91 Å². The summed E-state index contributed by atoms with van der Waals surface area (Å²) in [5.74, 6) is -1.36. The summed E-state index contributed by atoms with van der Waals surface area (Å²) in [5, 5.41) is 2.83. The minimum absolute atomic E-state index is 0.0510. The van der Waals surface area contributed by atoms with Crippen LogP contribution in [0, 0.1) is 17.6 Å². The van der Waals surface area contributed by atoms with E-state index in [0.717, 1.165) is 6.07 Å². The Morgan fingerprint density at radius 2 is 1.90 bits per heavy atom. The number of halogens is 2. The Balaban J connectivity index is 1.91. The Hall–Kier alpha value is -2.96. The fourth-order valence-electron chi connectivity index (χ4n) is 3.19. The van der Waals surface area contributed by atoms with E-state index in [-0.39, 0.29) is 30.8 Å². The predicted molar refractivity (Wildman–Crippen MR) is 105 cm³/mol. The van der Waals surface area contributed by atoms with Gasteiger partial charge in [-0.3, -0.25) is 9.59 Å². The average molecular weight is 402 g/mol. The quantitative estimate of drug-likeness (QED) is 0.813. The maximum atomic E-state index is 13.6. The SMILES string of the molecule is CC[C@H]1Oc2ccc(NC(=O)C(C)C)cc2CN(Cc2cc(F)cc(F)c2)C1=O. The molecule has 2 aromatic carbocycles. The van der Waals surface area contributed by atoms with Gasteiger partial charge in [0, 0.05) is 36.3 Å². The number of rotatable bonds is 5. The van der Waals surface area contributed by atoms with Gasteiger partial charge in [-0.15, -0.1) is 0 Å². The first-order valence-corrected chi connectivity index (χ1v) is 9.61. The van der Waals surface area contributed by atoms with Gasteiger partial charge in [0.25, 0.3) is 5.91 Å². The number of hydrogen-bond donors (Lipinski definition) is 1. The fraction of sp³-hybridized carbons (Fsp3) is 0.364. The number of ether oxygens (including phenoxy) is 1. The molecule has 29 heavy (non-hydrogen) atoms. The Labute approximate surface area is 168 Å². The van der Waals surface area contributed by atoms with Crippen molar-refractivity contribution in [3.63, 3.8) is 0 Å². The van der Waals surface area contributed by atoms with Crippen LogP contribution in [0.5, 0.6) is 5.75 Å². The molecule has 0 saturated carbocycles. The molecule has 0 spiro atoms. The molecule has 5 nitrogen and oxygen atoms in total. The molecule has 1 aliphatic rings. The van der Waals surface area contributed by atoms with Crippen LogP contribution in [0.1, 0.15) is 38.3 Å². The summed E-state index contributed by atoms with van der Waals surface area (Å²) >= 11 is 0. The zero-order valence-corrected chi connectivity index (χ0v) is 16.7. The summed E-state index contributed by atoms with van der Waals surface area (Å²) < 4.78 is 33.0. The van der Waals surface area contributed by atoms with Crippen LogP contribution < -0.4 is 10.1 Å². The van der Waals surface area contributed by atoms with E-state index in [1.165, 1.54) is 17.0 Å². The molecule has 154 valence electrons. The van der Waals surface area contributed by atoms with E-state index in [4.69, 9.17) is 4.74 Å². The third-order valence-corrected chi connectivity index (χ3v) is 4.74. The third kappa shape index (κ3) is 4.91. The maximum Gasteiger partial charge on any atom is 0.264 e. The highest BCUT2D eigenvalue weighted by atomic mass is 19.1. The normalized spacial score (nSPS) is 16.3. The van der Waals surface area contributed by atoms with E-state index in [1.54, 1.807) is 32.0 Å². The van der Waals surface area contributed by atoms with Crippen LogP contribution in [0.25, 0.3) is 0 Å². The average Bonchev–Trinajstić information content (AvgIpc) is 2.77. The second kappa shape index (κ2) is 8.59. The first-order valence-electron chi connectivity index (χ1n) is 9.61. The number of nitrogens with one attached hydrogen (secondary N) is 1. The van der Waals surface area contributed by atoms with Crippen molar-refractivity contribution >= 4 is 17.5 Å². The molecule has 0 saturated heterocycles. The second-order valence-corrected chi connectivity index (χ2v) is 7.45. The van der Waals surface area contributed by atoms with E-state index in [0.29, 0.717) is 29.0 Å². The molecule has 0 fully saturated rings. The molecule has 2 amide bonds. The molecule has 0 aromatic heterocycles. The monoisotopic (exact) mass is 402 g/mol. The van der Waals surface area contributed by atoms with Gasteiger partial charge in [0.05, 0.1) is 0 Å². The van der Waals surface area contributed by atoms with Crippen molar-refractivity contribution in [1.29, 1.82) is 0 Å². The number of carbonyl (C=O) groups is 2. The van der Waals surface area contributed by atoms with Gasteiger partial charge >= 0.3 is 0 Å². The number of carbonyl (C=O) groups excluding carboxylic acids is 2. The van der Waals surface area contributed by atoms with Crippen LogP contribution in [-0.4, -0.2) is 22.8 Å². The highest BCUT2D eigenvalue weighted by Gasteiger charge is 2.30. The Kier molecular flexibility index (Phi) is 6.15. The fourth-order valence-corrected chi connectivity index (χ4v) is 3.19. The van der Waals surface area contributed by atoms with Gasteiger partial charge in [-0.25, -0.2) is 8.78 Å².